The number of aryl methyl sites for hydroxylation is 1. The Morgan fingerprint density at radius 3 is 2.55 bits per heavy atom. The fourth-order valence-corrected chi connectivity index (χ4v) is 2.56. The lowest BCUT2D eigenvalue weighted by Crippen LogP contribution is -1.99. The van der Waals surface area contributed by atoms with Gasteiger partial charge in [-0.15, -0.1) is 0 Å². The zero-order valence-electron chi connectivity index (χ0n) is 10.6. The summed E-state index contributed by atoms with van der Waals surface area (Å²) in [5.74, 6) is 0.199. The topological polar surface area (TPSA) is 43.4 Å². The van der Waals surface area contributed by atoms with Crippen molar-refractivity contribution in [2.24, 2.45) is 0 Å². The minimum Gasteiger partial charge on any atom is -0.489 e. The number of rotatable bonds is 4. The van der Waals surface area contributed by atoms with Crippen molar-refractivity contribution in [3.63, 3.8) is 0 Å². The van der Waals surface area contributed by atoms with Crippen LogP contribution in [0.4, 0.5) is 4.39 Å². The molecule has 0 fully saturated rings. The zero-order valence-corrected chi connectivity index (χ0v) is 12.2. The molecule has 3 nitrogen and oxygen atoms in total. The lowest BCUT2D eigenvalue weighted by atomic mass is 10.2. The van der Waals surface area contributed by atoms with Gasteiger partial charge in [-0.1, -0.05) is 12.1 Å². The Morgan fingerprint density at radius 2 is 1.95 bits per heavy atom. The van der Waals surface area contributed by atoms with E-state index < -0.39 is 9.05 Å². The highest BCUT2D eigenvalue weighted by molar-refractivity contribution is 8.13. The van der Waals surface area contributed by atoms with Crippen molar-refractivity contribution in [2.45, 2.75) is 18.4 Å². The normalized spacial score (nSPS) is 11.3. The van der Waals surface area contributed by atoms with Crippen LogP contribution in [0, 0.1) is 12.7 Å². The molecule has 0 bridgehead atoms. The van der Waals surface area contributed by atoms with E-state index >= 15 is 0 Å². The van der Waals surface area contributed by atoms with Gasteiger partial charge >= 0.3 is 0 Å². The molecule has 0 N–H and O–H groups in total. The van der Waals surface area contributed by atoms with Gasteiger partial charge in [0.15, 0.2) is 0 Å². The molecule has 0 atom stereocenters. The zero-order chi connectivity index (χ0) is 14.8. The number of ether oxygens (including phenoxy) is 1. The molecule has 0 saturated heterocycles. The second kappa shape index (κ2) is 5.81. The first-order valence-corrected chi connectivity index (χ1v) is 8.10. The maximum absolute atomic E-state index is 13.0. The highest BCUT2D eigenvalue weighted by Gasteiger charge is 2.11. The van der Waals surface area contributed by atoms with Crippen LogP contribution in [0.2, 0.25) is 0 Å². The summed E-state index contributed by atoms with van der Waals surface area (Å²) in [4.78, 5) is 0.0229. The monoisotopic (exact) mass is 314 g/mol. The van der Waals surface area contributed by atoms with Crippen molar-refractivity contribution in [3.05, 3.63) is 59.4 Å². The van der Waals surface area contributed by atoms with Crippen LogP contribution in [0.5, 0.6) is 5.75 Å². The summed E-state index contributed by atoms with van der Waals surface area (Å²) in [5.41, 5.74) is 1.33. The molecule has 0 unspecified atom stereocenters. The first kappa shape index (κ1) is 14.8. The molecule has 0 radical (unpaired) electrons. The summed E-state index contributed by atoms with van der Waals surface area (Å²) in [6.07, 6.45) is 0. The van der Waals surface area contributed by atoms with Crippen LogP contribution < -0.4 is 4.74 Å². The predicted octanol–water partition coefficient (Wildman–Crippen LogP) is 3.64. The number of hydrogen-bond donors (Lipinski definition) is 0. The van der Waals surface area contributed by atoms with Crippen molar-refractivity contribution in [2.75, 3.05) is 0 Å². The van der Waals surface area contributed by atoms with Gasteiger partial charge in [0.25, 0.3) is 9.05 Å². The van der Waals surface area contributed by atoms with Crippen LogP contribution in [0.3, 0.4) is 0 Å². The van der Waals surface area contributed by atoms with E-state index in [0.29, 0.717) is 16.9 Å². The lowest BCUT2D eigenvalue weighted by Gasteiger charge is -2.10. The first-order valence-electron chi connectivity index (χ1n) is 5.79. The molecule has 0 aromatic heterocycles. The fourth-order valence-electron chi connectivity index (χ4n) is 1.72. The highest BCUT2D eigenvalue weighted by Crippen LogP contribution is 2.24. The molecular weight excluding hydrogens is 303 g/mol. The predicted molar refractivity (Wildman–Crippen MR) is 74.9 cm³/mol. The molecule has 106 valence electrons. The summed E-state index contributed by atoms with van der Waals surface area (Å²) in [5, 5.41) is 0. The van der Waals surface area contributed by atoms with Gasteiger partial charge in [0, 0.05) is 10.7 Å². The molecule has 20 heavy (non-hydrogen) atoms. The van der Waals surface area contributed by atoms with Crippen molar-refractivity contribution in [3.8, 4) is 5.75 Å². The maximum Gasteiger partial charge on any atom is 0.261 e. The van der Waals surface area contributed by atoms with E-state index in [1.165, 1.54) is 30.3 Å². The quantitative estimate of drug-likeness (QED) is 0.809. The molecule has 2 rings (SSSR count). The summed E-state index contributed by atoms with van der Waals surface area (Å²) >= 11 is 0. The van der Waals surface area contributed by atoms with Gasteiger partial charge < -0.3 is 4.74 Å². The Balaban J connectivity index is 2.15. The summed E-state index contributed by atoms with van der Waals surface area (Å²) in [6, 6.07) is 10.4. The molecule has 0 aliphatic rings. The minimum absolute atomic E-state index is 0.0229. The van der Waals surface area contributed by atoms with Crippen LogP contribution in [-0.4, -0.2) is 8.42 Å². The molecule has 0 spiro atoms. The van der Waals surface area contributed by atoms with Crippen molar-refractivity contribution in [1.82, 2.24) is 0 Å². The van der Waals surface area contributed by atoms with Gasteiger partial charge in [-0.05, 0) is 48.4 Å². The highest BCUT2D eigenvalue weighted by atomic mass is 35.7. The Hall–Kier alpha value is -1.59. The Kier molecular flexibility index (Phi) is 4.30. The van der Waals surface area contributed by atoms with E-state index in [1.54, 1.807) is 19.1 Å². The van der Waals surface area contributed by atoms with Crippen LogP contribution >= 0.6 is 10.7 Å². The third kappa shape index (κ3) is 3.71. The van der Waals surface area contributed by atoms with Gasteiger partial charge in [0.05, 0.1) is 4.90 Å². The standard InChI is InChI=1S/C14H12ClFO3S/c1-10-7-13(20(15,17)18)5-6-14(10)19-9-11-3-2-4-12(16)8-11/h2-8H,9H2,1H3. The summed E-state index contributed by atoms with van der Waals surface area (Å²) in [7, 11) is 1.52. The van der Waals surface area contributed by atoms with Gasteiger partial charge in [-0.25, -0.2) is 12.8 Å². The van der Waals surface area contributed by atoms with Gasteiger partial charge in [-0.2, -0.15) is 0 Å². The average molecular weight is 315 g/mol. The lowest BCUT2D eigenvalue weighted by molar-refractivity contribution is 0.303. The second-order valence-corrected chi connectivity index (χ2v) is 6.85. The van der Waals surface area contributed by atoms with Crippen molar-refractivity contribution in [1.29, 1.82) is 0 Å². The molecule has 0 amide bonds. The first-order chi connectivity index (χ1) is 9.36. The van der Waals surface area contributed by atoms with E-state index in [9.17, 15) is 12.8 Å². The fraction of sp³-hybridized carbons (Fsp3) is 0.143. The Morgan fingerprint density at radius 1 is 1.20 bits per heavy atom. The van der Waals surface area contributed by atoms with E-state index in [1.807, 2.05) is 0 Å². The van der Waals surface area contributed by atoms with E-state index in [4.69, 9.17) is 15.4 Å². The number of benzene rings is 2. The summed E-state index contributed by atoms with van der Waals surface area (Å²) < 4.78 is 41.0. The molecular formula is C14H12ClFO3S. The number of hydrogen-bond acceptors (Lipinski definition) is 3. The minimum atomic E-state index is -3.75. The van der Waals surface area contributed by atoms with E-state index in [2.05, 4.69) is 0 Å². The smallest absolute Gasteiger partial charge is 0.261 e. The molecule has 6 heteroatoms. The van der Waals surface area contributed by atoms with Crippen LogP contribution in [0.25, 0.3) is 0 Å². The number of halogens is 2. The average Bonchev–Trinajstić information content (AvgIpc) is 2.36. The molecule has 0 aliphatic heterocycles. The SMILES string of the molecule is Cc1cc(S(=O)(=O)Cl)ccc1OCc1cccc(F)c1. The molecule has 0 saturated carbocycles. The van der Waals surface area contributed by atoms with Gasteiger partial charge in [0.1, 0.15) is 18.2 Å². The van der Waals surface area contributed by atoms with E-state index in [-0.39, 0.29) is 17.3 Å². The van der Waals surface area contributed by atoms with Crippen molar-refractivity contribution < 1.29 is 17.5 Å². The maximum atomic E-state index is 13.0. The third-order valence-electron chi connectivity index (χ3n) is 2.71. The Labute approximate surface area is 121 Å². The van der Waals surface area contributed by atoms with Gasteiger partial charge in [0.2, 0.25) is 0 Å². The second-order valence-electron chi connectivity index (χ2n) is 4.28. The van der Waals surface area contributed by atoms with Crippen molar-refractivity contribution >= 4 is 19.7 Å². The summed E-state index contributed by atoms with van der Waals surface area (Å²) in [6.45, 7) is 1.91. The van der Waals surface area contributed by atoms with Crippen LogP contribution in [0.15, 0.2) is 47.4 Å². The van der Waals surface area contributed by atoms with E-state index in [0.717, 1.165) is 0 Å². The Bertz CT molecular complexity index is 729. The molecule has 0 aliphatic carbocycles. The molecule has 2 aromatic rings. The largest absolute Gasteiger partial charge is 0.489 e. The molecule has 0 heterocycles. The van der Waals surface area contributed by atoms with Crippen LogP contribution in [-0.2, 0) is 15.7 Å². The third-order valence-corrected chi connectivity index (χ3v) is 4.06. The van der Waals surface area contributed by atoms with Crippen LogP contribution in [0.1, 0.15) is 11.1 Å². The van der Waals surface area contributed by atoms with Gasteiger partial charge in [-0.3, -0.25) is 0 Å². The molecule has 2 aromatic carbocycles.